The van der Waals surface area contributed by atoms with Crippen LogP contribution >= 0.6 is 23.1 Å². The Morgan fingerprint density at radius 3 is 2.17 bits per heavy atom. The Morgan fingerprint density at radius 1 is 0.829 bits per heavy atom. The van der Waals surface area contributed by atoms with Crippen molar-refractivity contribution in [3.8, 4) is 0 Å². The lowest BCUT2D eigenvalue weighted by molar-refractivity contribution is -0.114. The van der Waals surface area contributed by atoms with Crippen LogP contribution < -0.4 is 16.0 Å². The number of hydrogen-bond donors (Lipinski definition) is 3. The van der Waals surface area contributed by atoms with Gasteiger partial charge in [0.25, 0.3) is 11.8 Å². The molecule has 3 amide bonds. The number of thiophene rings is 1. The van der Waals surface area contributed by atoms with E-state index in [9.17, 15) is 19.2 Å². The summed E-state index contributed by atoms with van der Waals surface area (Å²) in [7, 11) is 0. The number of ether oxygens (including phenoxy) is 1. The number of benzene rings is 3. The molecule has 4 aromatic rings. The highest BCUT2D eigenvalue weighted by Gasteiger charge is 2.15. The highest BCUT2D eigenvalue weighted by molar-refractivity contribution is 8.00. The zero-order chi connectivity index (χ0) is 29.0. The molecule has 0 aliphatic carbocycles. The van der Waals surface area contributed by atoms with E-state index in [1.807, 2.05) is 22.9 Å². The number of esters is 1. The fraction of sp³-hybridized carbons (Fsp3) is 0.0968. The lowest BCUT2D eigenvalue weighted by Crippen LogP contribution is -2.30. The van der Waals surface area contributed by atoms with Crippen molar-refractivity contribution in [2.24, 2.45) is 0 Å². The minimum absolute atomic E-state index is 0.114. The molecule has 0 aliphatic rings. The molecule has 208 valence electrons. The van der Waals surface area contributed by atoms with Crippen molar-refractivity contribution in [3.63, 3.8) is 0 Å². The summed E-state index contributed by atoms with van der Waals surface area (Å²) in [5, 5.41) is 12.1. The van der Waals surface area contributed by atoms with Crippen molar-refractivity contribution in [1.29, 1.82) is 0 Å². The fourth-order valence-corrected chi connectivity index (χ4v) is 4.87. The average molecular weight is 586 g/mol. The van der Waals surface area contributed by atoms with Gasteiger partial charge in [-0.1, -0.05) is 18.2 Å². The van der Waals surface area contributed by atoms with Crippen molar-refractivity contribution in [1.82, 2.24) is 5.32 Å². The predicted molar refractivity (Wildman–Crippen MR) is 163 cm³/mol. The highest BCUT2D eigenvalue weighted by Crippen LogP contribution is 2.22. The fourth-order valence-electron chi connectivity index (χ4n) is 3.55. The van der Waals surface area contributed by atoms with Gasteiger partial charge in [-0.2, -0.15) is 11.3 Å². The van der Waals surface area contributed by atoms with Crippen LogP contribution in [0.4, 0.5) is 11.4 Å². The molecule has 10 heteroatoms. The first kappa shape index (κ1) is 29.3. The van der Waals surface area contributed by atoms with Gasteiger partial charge in [0.15, 0.2) is 0 Å². The van der Waals surface area contributed by atoms with Gasteiger partial charge in [-0.15, -0.1) is 11.8 Å². The second-order valence-corrected chi connectivity index (χ2v) is 10.4. The number of rotatable bonds is 11. The van der Waals surface area contributed by atoms with Crippen LogP contribution in [-0.2, 0) is 14.3 Å². The zero-order valence-corrected chi connectivity index (χ0v) is 23.7. The molecule has 8 nitrogen and oxygen atoms in total. The number of amides is 3. The molecule has 0 radical (unpaired) electrons. The lowest BCUT2D eigenvalue weighted by atomic mass is 10.2. The Kier molecular flexibility index (Phi) is 10.5. The van der Waals surface area contributed by atoms with Crippen LogP contribution in [0.2, 0.25) is 0 Å². The summed E-state index contributed by atoms with van der Waals surface area (Å²) in [6.07, 6.45) is 1.62. The van der Waals surface area contributed by atoms with Crippen molar-refractivity contribution >= 4 is 64.2 Å². The Balaban J connectivity index is 1.32. The minimum atomic E-state index is -0.464. The van der Waals surface area contributed by atoms with Crippen LogP contribution in [0.5, 0.6) is 0 Å². The normalized spacial score (nSPS) is 10.9. The van der Waals surface area contributed by atoms with E-state index in [0.29, 0.717) is 29.1 Å². The van der Waals surface area contributed by atoms with Gasteiger partial charge in [-0.05, 0) is 96.1 Å². The van der Waals surface area contributed by atoms with Gasteiger partial charge in [0.05, 0.1) is 17.9 Å². The second-order valence-electron chi connectivity index (χ2n) is 8.55. The van der Waals surface area contributed by atoms with Crippen molar-refractivity contribution in [3.05, 3.63) is 118 Å². The lowest BCUT2D eigenvalue weighted by Gasteiger charge is -2.11. The molecule has 0 atom stereocenters. The second kappa shape index (κ2) is 14.6. The van der Waals surface area contributed by atoms with E-state index < -0.39 is 11.9 Å². The third-order valence-corrected chi connectivity index (χ3v) is 7.26. The van der Waals surface area contributed by atoms with Gasteiger partial charge in [0, 0.05) is 21.8 Å². The molecule has 0 saturated carbocycles. The molecular weight excluding hydrogens is 558 g/mol. The molecule has 0 saturated heterocycles. The highest BCUT2D eigenvalue weighted by atomic mass is 32.2. The maximum Gasteiger partial charge on any atom is 0.338 e. The molecule has 4 rings (SSSR count). The Morgan fingerprint density at radius 2 is 1.51 bits per heavy atom. The van der Waals surface area contributed by atoms with Crippen LogP contribution in [0.1, 0.15) is 33.2 Å². The molecule has 1 heterocycles. The number of carbonyl (C=O) groups is 4. The quantitative estimate of drug-likeness (QED) is 0.112. The topological polar surface area (TPSA) is 114 Å². The summed E-state index contributed by atoms with van der Waals surface area (Å²) in [4.78, 5) is 50.8. The summed E-state index contributed by atoms with van der Waals surface area (Å²) < 4.78 is 4.96. The maximum atomic E-state index is 13.1. The zero-order valence-electron chi connectivity index (χ0n) is 22.1. The van der Waals surface area contributed by atoms with Gasteiger partial charge < -0.3 is 20.7 Å². The molecule has 1 aromatic heterocycles. The molecule has 0 spiro atoms. The van der Waals surface area contributed by atoms with Crippen LogP contribution in [-0.4, -0.2) is 36.1 Å². The first-order valence-corrected chi connectivity index (χ1v) is 14.6. The third-order valence-electron chi connectivity index (χ3n) is 5.54. The van der Waals surface area contributed by atoms with E-state index in [2.05, 4.69) is 16.0 Å². The van der Waals surface area contributed by atoms with Crippen LogP contribution in [0.25, 0.3) is 6.08 Å². The van der Waals surface area contributed by atoms with E-state index in [-0.39, 0.29) is 23.3 Å². The Bertz CT molecular complexity index is 1520. The maximum absolute atomic E-state index is 13.1. The van der Waals surface area contributed by atoms with Gasteiger partial charge >= 0.3 is 5.97 Å². The van der Waals surface area contributed by atoms with Gasteiger partial charge in [-0.3, -0.25) is 14.4 Å². The van der Waals surface area contributed by atoms with E-state index in [1.165, 1.54) is 23.1 Å². The molecule has 0 fully saturated rings. The van der Waals surface area contributed by atoms with E-state index in [1.54, 1.807) is 85.8 Å². The number of hydrogen-bond acceptors (Lipinski definition) is 7. The SMILES string of the molecule is CCOC(=O)c1ccc(NC(=O)CSc2ccc(NC(=O)/C(=C/c3ccsc3)NC(=O)c3ccccc3)cc2)cc1. The first-order chi connectivity index (χ1) is 19.9. The summed E-state index contributed by atoms with van der Waals surface area (Å²) in [6.45, 7) is 2.03. The first-order valence-electron chi connectivity index (χ1n) is 12.6. The predicted octanol–water partition coefficient (Wildman–Crippen LogP) is 6.07. The molecule has 41 heavy (non-hydrogen) atoms. The molecule has 0 unspecified atom stereocenters. The van der Waals surface area contributed by atoms with E-state index in [0.717, 1.165) is 10.5 Å². The smallest absolute Gasteiger partial charge is 0.338 e. The number of anilines is 2. The van der Waals surface area contributed by atoms with E-state index >= 15 is 0 Å². The standard InChI is InChI=1S/C31H27N3O5S2/c1-2-39-31(38)23-8-10-24(11-9-23)32-28(35)20-41-26-14-12-25(13-15-26)33-30(37)27(18-21-16-17-40-19-21)34-29(36)22-6-4-3-5-7-22/h3-19H,2,20H2,1H3,(H,32,35)(H,33,37)(H,34,36)/b27-18-. The third kappa shape index (κ3) is 8.92. The Hall–Kier alpha value is -4.67. The molecule has 0 bridgehead atoms. The summed E-state index contributed by atoms with van der Waals surface area (Å²) in [5.41, 5.74) is 2.88. The number of thioether (sulfide) groups is 1. The van der Waals surface area contributed by atoms with Gasteiger partial charge in [0.1, 0.15) is 5.70 Å². The molecular formula is C31H27N3O5S2. The summed E-state index contributed by atoms with van der Waals surface area (Å²) >= 11 is 2.83. The largest absolute Gasteiger partial charge is 0.462 e. The number of carbonyl (C=O) groups excluding carboxylic acids is 4. The van der Waals surface area contributed by atoms with Gasteiger partial charge in [-0.25, -0.2) is 4.79 Å². The minimum Gasteiger partial charge on any atom is -0.462 e. The average Bonchev–Trinajstić information content (AvgIpc) is 3.50. The molecule has 0 aliphatic heterocycles. The van der Waals surface area contributed by atoms with Crippen LogP contribution in [0.15, 0.2) is 106 Å². The number of nitrogens with one attached hydrogen (secondary N) is 3. The summed E-state index contributed by atoms with van der Waals surface area (Å²) in [5.74, 6) is -1.29. The Labute approximate surface area is 245 Å². The van der Waals surface area contributed by atoms with Crippen molar-refractivity contribution < 1.29 is 23.9 Å². The van der Waals surface area contributed by atoms with Crippen molar-refractivity contribution in [2.45, 2.75) is 11.8 Å². The monoisotopic (exact) mass is 585 g/mol. The summed E-state index contributed by atoms with van der Waals surface area (Å²) in [6, 6.07) is 24.1. The molecule has 3 aromatic carbocycles. The van der Waals surface area contributed by atoms with E-state index in [4.69, 9.17) is 4.74 Å². The molecule has 3 N–H and O–H groups in total. The van der Waals surface area contributed by atoms with Crippen molar-refractivity contribution in [2.75, 3.05) is 23.0 Å². The van der Waals surface area contributed by atoms with Gasteiger partial charge in [0.2, 0.25) is 5.91 Å². The van der Waals surface area contributed by atoms with Crippen LogP contribution in [0, 0.1) is 0 Å². The van der Waals surface area contributed by atoms with Crippen LogP contribution in [0.3, 0.4) is 0 Å².